The second-order valence-electron chi connectivity index (χ2n) is 10.4. The van der Waals surface area contributed by atoms with E-state index in [4.69, 9.17) is 9.47 Å². The van der Waals surface area contributed by atoms with Gasteiger partial charge in [0.05, 0.1) is 13.2 Å². The molecule has 3 rings (SSSR count). The van der Waals surface area contributed by atoms with Crippen molar-refractivity contribution in [2.24, 2.45) is 23.2 Å². The first-order chi connectivity index (χ1) is 15.5. The molecule has 1 aromatic carbocycles. The molecule has 32 heavy (non-hydrogen) atoms. The predicted molar refractivity (Wildman–Crippen MR) is 127 cm³/mol. The van der Waals surface area contributed by atoms with E-state index < -0.39 is 11.6 Å². The lowest BCUT2D eigenvalue weighted by molar-refractivity contribution is -0.00403. The monoisotopic (exact) mass is 450 g/mol. The molecule has 2 nitrogen and oxygen atoms in total. The Morgan fingerprint density at radius 3 is 2.12 bits per heavy atom. The minimum absolute atomic E-state index is 0.00721. The lowest BCUT2D eigenvalue weighted by atomic mass is 9.55. The highest BCUT2D eigenvalue weighted by Gasteiger charge is 2.44. The molecule has 0 aliphatic heterocycles. The second-order valence-corrected chi connectivity index (χ2v) is 10.4. The van der Waals surface area contributed by atoms with Crippen molar-refractivity contribution in [3.63, 3.8) is 0 Å². The number of halogens is 2. The highest BCUT2D eigenvalue weighted by molar-refractivity contribution is 5.35. The van der Waals surface area contributed by atoms with E-state index in [1.54, 1.807) is 0 Å². The zero-order valence-corrected chi connectivity index (χ0v) is 20.6. The Bertz CT molecular complexity index is 691. The van der Waals surface area contributed by atoms with E-state index in [0.717, 1.165) is 37.5 Å². The zero-order valence-electron chi connectivity index (χ0n) is 20.6. The molecule has 0 saturated heterocycles. The molecule has 1 atom stereocenters. The lowest BCUT2D eigenvalue weighted by Crippen LogP contribution is -2.41. The van der Waals surface area contributed by atoms with Crippen LogP contribution in [0.2, 0.25) is 0 Å². The molecule has 4 heteroatoms. The fourth-order valence-electron chi connectivity index (χ4n) is 6.41. The Hall–Kier alpha value is -1.32. The van der Waals surface area contributed by atoms with E-state index in [2.05, 4.69) is 13.8 Å². The first-order valence-electron chi connectivity index (χ1n) is 13.2. The van der Waals surface area contributed by atoms with Gasteiger partial charge in [-0.2, -0.15) is 8.78 Å². The molecule has 1 aromatic rings. The SMILES string of the molecule is CCCCOc1ccc(OCC2CCC(C3(C(C)CCC)CCCCC3)CC2)c(F)c1F. The minimum Gasteiger partial charge on any atom is -0.490 e. The van der Waals surface area contributed by atoms with Gasteiger partial charge in [0.15, 0.2) is 11.5 Å². The minimum atomic E-state index is -0.938. The summed E-state index contributed by atoms with van der Waals surface area (Å²) in [6.45, 7) is 7.71. The van der Waals surface area contributed by atoms with Crippen molar-refractivity contribution in [2.75, 3.05) is 13.2 Å². The summed E-state index contributed by atoms with van der Waals surface area (Å²) in [5.41, 5.74) is 0.531. The van der Waals surface area contributed by atoms with Gasteiger partial charge < -0.3 is 9.47 Å². The molecule has 2 fully saturated rings. The molecule has 0 N–H and O–H groups in total. The third kappa shape index (κ3) is 5.97. The van der Waals surface area contributed by atoms with Gasteiger partial charge in [0, 0.05) is 0 Å². The van der Waals surface area contributed by atoms with Gasteiger partial charge in [-0.05, 0) is 80.2 Å². The van der Waals surface area contributed by atoms with Crippen LogP contribution in [-0.2, 0) is 0 Å². The third-order valence-corrected chi connectivity index (χ3v) is 8.39. The Labute approximate surface area is 194 Å². The zero-order chi connectivity index (χ0) is 23.0. The average Bonchev–Trinajstić information content (AvgIpc) is 2.82. The van der Waals surface area contributed by atoms with Gasteiger partial charge in [-0.3, -0.25) is 0 Å². The number of benzene rings is 1. The molecule has 0 spiro atoms. The fraction of sp³-hybridized carbons (Fsp3) is 0.786. The summed E-state index contributed by atoms with van der Waals surface area (Å²) in [6.07, 6.45) is 16.1. The Morgan fingerprint density at radius 1 is 0.906 bits per heavy atom. The standard InChI is InChI=1S/C28H44F2O2/c1-4-6-19-31-24-15-16-25(27(30)26(24)29)32-20-22-11-13-23(14-12-22)28(21(3)10-5-2)17-8-7-9-18-28/h15-16,21-23H,4-14,17-20H2,1-3H3. The highest BCUT2D eigenvalue weighted by atomic mass is 19.2. The van der Waals surface area contributed by atoms with Crippen LogP contribution in [0.4, 0.5) is 8.78 Å². The van der Waals surface area contributed by atoms with Crippen molar-refractivity contribution in [3.05, 3.63) is 23.8 Å². The van der Waals surface area contributed by atoms with Crippen LogP contribution in [0.25, 0.3) is 0 Å². The maximum absolute atomic E-state index is 14.5. The lowest BCUT2D eigenvalue weighted by Gasteiger charge is -2.50. The molecule has 0 bridgehead atoms. The topological polar surface area (TPSA) is 18.5 Å². The summed E-state index contributed by atoms with van der Waals surface area (Å²) >= 11 is 0. The summed E-state index contributed by atoms with van der Waals surface area (Å²) < 4.78 is 39.9. The Kier molecular flexibility index (Phi) is 9.67. The summed E-state index contributed by atoms with van der Waals surface area (Å²) in [6, 6.07) is 3.00. The van der Waals surface area contributed by atoms with Crippen molar-refractivity contribution >= 4 is 0 Å². The second kappa shape index (κ2) is 12.2. The van der Waals surface area contributed by atoms with Crippen molar-refractivity contribution < 1.29 is 18.3 Å². The predicted octanol–water partition coefficient (Wildman–Crippen LogP) is 8.72. The van der Waals surface area contributed by atoms with Crippen molar-refractivity contribution in [3.8, 4) is 11.5 Å². The summed E-state index contributed by atoms with van der Waals surface area (Å²) in [5.74, 6) is 0.163. The first-order valence-corrected chi connectivity index (χ1v) is 13.2. The fourth-order valence-corrected chi connectivity index (χ4v) is 6.41. The van der Waals surface area contributed by atoms with E-state index in [1.807, 2.05) is 6.92 Å². The molecular formula is C28H44F2O2. The van der Waals surface area contributed by atoms with Gasteiger partial charge in [-0.1, -0.05) is 59.3 Å². The largest absolute Gasteiger partial charge is 0.490 e. The third-order valence-electron chi connectivity index (χ3n) is 8.39. The van der Waals surface area contributed by atoms with Crippen molar-refractivity contribution in [2.45, 2.75) is 104 Å². The molecule has 2 aliphatic rings. The molecule has 2 aliphatic carbocycles. The molecular weight excluding hydrogens is 406 g/mol. The van der Waals surface area contributed by atoms with Crippen LogP contribution in [0, 0.1) is 34.8 Å². The maximum atomic E-state index is 14.5. The van der Waals surface area contributed by atoms with Gasteiger partial charge in [-0.25, -0.2) is 0 Å². The highest BCUT2D eigenvalue weighted by Crippen LogP contribution is 2.54. The molecule has 0 amide bonds. The van der Waals surface area contributed by atoms with E-state index in [1.165, 1.54) is 69.9 Å². The van der Waals surface area contributed by atoms with Crippen LogP contribution in [0.3, 0.4) is 0 Å². The first kappa shape index (κ1) is 25.3. The van der Waals surface area contributed by atoms with Crippen LogP contribution < -0.4 is 9.47 Å². The number of rotatable bonds is 11. The summed E-state index contributed by atoms with van der Waals surface area (Å²) in [7, 11) is 0. The van der Waals surface area contributed by atoms with Crippen LogP contribution in [0.1, 0.15) is 104 Å². The normalized spacial score (nSPS) is 24.2. The van der Waals surface area contributed by atoms with Crippen LogP contribution in [0.5, 0.6) is 11.5 Å². The van der Waals surface area contributed by atoms with E-state index in [-0.39, 0.29) is 11.5 Å². The van der Waals surface area contributed by atoms with Crippen LogP contribution in [-0.4, -0.2) is 13.2 Å². The van der Waals surface area contributed by atoms with E-state index in [9.17, 15) is 8.78 Å². The van der Waals surface area contributed by atoms with Crippen LogP contribution >= 0.6 is 0 Å². The number of ether oxygens (including phenoxy) is 2. The van der Waals surface area contributed by atoms with Crippen LogP contribution in [0.15, 0.2) is 12.1 Å². The molecule has 0 heterocycles. The molecule has 0 aromatic heterocycles. The van der Waals surface area contributed by atoms with Crippen molar-refractivity contribution in [1.82, 2.24) is 0 Å². The van der Waals surface area contributed by atoms with Gasteiger partial charge in [-0.15, -0.1) is 0 Å². The van der Waals surface area contributed by atoms with Crippen molar-refractivity contribution in [1.29, 1.82) is 0 Å². The molecule has 0 radical (unpaired) electrons. The molecule has 1 unspecified atom stereocenters. The quantitative estimate of drug-likeness (QED) is 0.314. The molecule has 2 saturated carbocycles. The summed E-state index contributed by atoms with van der Waals surface area (Å²) in [4.78, 5) is 0. The average molecular weight is 451 g/mol. The van der Waals surface area contributed by atoms with Gasteiger partial charge in [0.2, 0.25) is 11.6 Å². The number of hydrogen-bond donors (Lipinski definition) is 0. The van der Waals surface area contributed by atoms with E-state index in [0.29, 0.717) is 24.5 Å². The molecule has 182 valence electrons. The number of unbranched alkanes of at least 4 members (excludes halogenated alkanes) is 1. The number of hydrogen-bond acceptors (Lipinski definition) is 2. The van der Waals surface area contributed by atoms with Gasteiger partial charge >= 0.3 is 0 Å². The smallest absolute Gasteiger partial charge is 0.204 e. The van der Waals surface area contributed by atoms with Gasteiger partial charge in [0.25, 0.3) is 0 Å². The van der Waals surface area contributed by atoms with Gasteiger partial charge in [0.1, 0.15) is 0 Å². The maximum Gasteiger partial charge on any atom is 0.204 e. The van der Waals surface area contributed by atoms with E-state index >= 15 is 0 Å². The summed E-state index contributed by atoms with van der Waals surface area (Å²) in [5, 5.41) is 0. The Balaban J connectivity index is 1.53. The Morgan fingerprint density at radius 2 is 1.53 bits per heavy atom.